The first-order valence-electron chi connectivity index (χ1n) is 4.91. The third-order valence-electron chi connectivity index (χ3n) is 2.41. The molecule has 0 fully saturated rings. The molecule has 0 aliphatic rings. The molecule has 6 heteroatoms. The van der Waals surface area contributed by atoms with Crippen molar-refractivity contribution in [1.29, 1.82) is 5.26 Å². The Labute approximate surface area is 107 Å². The van der Waals surface area contributed by atoms with Crippen LogP contribution in [-0.4, -0.2) is 40.7 Å². The number of aliphatic hydroxyl groups is 3. The largest absolute Gasteiger partial charge is 0.394 e. The van der Waals surface area contributed by atoms with Gasteiger partial charge in [-0.15, -0.1) is 0 Å². The minimum atomic E-state index is -1.24. The molecule has 5 nitrogen and oxygen atoms in total. The van der Waals surface area contributed by atoms with Crippen molar-refractivity contribution in [3.05, 3.63) is 28.2 Å². The number of halogens is 1. The Morgan fingerprint density at radius 1 is 1.24 bits per heavy atom. The monoisotopic (exact) mass is 300 g/mol. The average molecular weight is 301 g/mol. The Kier molecular flexibility index (Phi) is 4.90. The van der Waals surface area contributed by atoms with E-state index in [1.807, 2.05) is 6.07 Å². The van der Waals surface area contributed by atoms with E-state index in [1.165, 1.54) is 0 Å². The molecule has 0 atom stereocenters. The number of hydrogen-bond donors (Lipinski definition) is 4. The molecule has 0 aromatic heterocycles. The maximum atomic E-state index is 9.18. The normalized spacial score (nSPS) is 11.0. The molecule has 0 heterocycles. The van der Waals surface area contributed by atoms with Gasteiger partial charge in [-0.3, -0.25) is 0 Å². The minimum absolute atomic E-state index is 0.360. The van der Waals surface area contributed by atoms with E-state index in [-0.39, 0.29) is 0 Å². The molecule has 92 valence electrons. The van der Waals surface area contributed by atoms with Gasteiger partial charge in [-0.25, -0.2) is 0 Å². The molecular weight excluding hydrogens is 288 g/mol. The summed E-state index contributed by atoms with van der Waals surface area (Å²) in [6.45, 7) is -1.33. The fraction of sp³-hybridized carbons (Fsp3) is 0.364. The van der Waals surface area contributed by atoms with Crippen LogP contribution in [0.3, 0.4) is 0 Å². The number of hydrogen-bond acceptors (Lipinski definition) is 5. The minimum Gasteiger partial charge on any atom is -0.394 e. The van der Waals surface area contributed by atoms with Crippen molar-refractivity contribution < 1.29 is 15.3 Å². The molecule has 0 aliphatic carbocycles. The highest BCUT2D eigenvalue weighted by atomic mass is 79.9. The zero-order valence-electron chi connectivity index (χ0n) is 9.02. The van der Waals surface area contributed by atoms with E-state index in [0.29, 0.717) is 11.3 Å². The van der Waals surface area contributed by atoms with Crippen molar-refractivity contribution in [3.63, 3.8) is 0 Å². The van der Waals surface area contributed by atoms with Crippen molar-refractivity contribution in [1.82, 2.24) is 0 Å². The quantitative estimate of drug-likeness (QED) is 0.633. The summed E-state index contributed by atoms with van der Waals surface area (Å²) in [5, 5.41) is 39.3. The predicted molar refractivity (Wildman–Crippen MR) is 66.5 cm³/mol. The van der Waals surface area contributed by atoms with Crippen molar-refractivity contribution in [2.45, 2.75) is 5.54 Å². The van der Waals surface area contributed by atoms with E-state index < -0.39 is 25.4 Å². The van der Waals surface area contributed by atoms with Crippen molar-refractivity contribution in [3.8, 4) is 6.07 Å². The van der Waals surface area contributed by atoms with E-state index in [1.54, 1.807) is 18.2 Å². The fourth-order valence-corrected chi connectivity index (χ4v) is 1.63. The van der Waals surface area contributed by atoms with E-state index in [9.17, 15) is 15.3 Å². The summed E-state index contributed by atoms with van der Waals surface area (Å²) in [7, 11) is 0. The van der Waals surface area contributed by atoms with Crippen LogP contribution in [-0.2, 0) is 0 Å². The molecule has 1 rings (SSSR count). The third kappa shape index (κ3) is 3.17. The van der Waals surface area contributed by atoms with Gasteiger partial charge in [-0.05, 0) is 18.2 Å². The van der Waals surface area contributed by atoms with Crippen LogP contribution in [0.25, 0.3) is 0 Å². The molecule has 0 unspecified atom stereocenters. The topological polar surface area (TPSA) is 96.5 Å². The molecule has 17 heavy (non-hydrogen) atoms. The summed E-state index contributed by atoms with van der Waals surface area (Å²) >= 11 is 3.24. The molecular formula is C11H13BrN2O3. The van der Waals surface area contributed by atoms with Crippen LogP contribution >= 0.6 is 15.9 Å². The van der Waals surface area contributed by atoms with E-state index >= 15 is 0 Å². The first kappa shape index (κ1) is 13.9. The highest BCUT2D eigenvalue weighted by Gasteiger charge is 2.28. The van der Waals surface area contributed by atoms with E-state index in [2.05, 4.69) is 21.2 Å². The van der Waals surface area contributed by atoms with Gasteiger partial charge in [0.1, 0.15) is 11.6 Å². The molecule has 1 aromatic rings. The molecule has 0 saturated carbocycles. The molecule has 0 amide bonds. The second kappa shape index (κ2) is 5.98. The highest BCUT2D eigenvalue weighted by molar-refractivity contribution is 9.10. The third-order valence-corrected chi connectivity index (χ3v) is 2.90. The van der Waals surface area contributed by atoms with Gasteiger partial charge in [0.05, 0.1) is 31.1 Å². The Hall–Kier alpha value is -1.13. The van der Waals surface area contributed by atoms with Gasteiger partial charge in [0.2, 0.25) is 0 Å². The lowest BCUT2D eigenvalue weighted by Gasteiger charge is -2.30. The zero-order valence-corrected chi connectivity index (χ0v) is 10.6. The molecule has 0 radical (unpaired) electrons. The van der Waals surface area contributed by atoms with Gasteiger partial charge in [0, 0.05) is 4.47 Å². The molecule has 0 spiro atoms. The van der Waals surface area contributed by atoms with Crippen LogP contribution < -0.4 is 5.32 Å². The number of anilines is 1. The van der Waals surface area contributed by atoms with Crippen LogP contribution in [0.15, 0.2) is 22.7 Å². The summed E-state index contributed by atoms with van der Waals surface area (Å²) in [4.78, 5) is 0. The van der Waals surface area contributed by atoms with Crippen molar-refractivity contribution in [2.75, 3.05) is 25.1 Å². The number of rotatable bonds is 5. The Balaban J connectivity index is 3.06. The van der Waals surface area contributed by atoms with Gasteiger partial charge in [-0.1, -0.05) is 15.9 Å². The fourth-order valence-electron chi connectivity index (χ4n) is 1.27. The summed E-state index contributed by atoms with van der Waals surface area (Å²) in [5.41, 5.74) is -0.425. The second-order valence-electron chi connectivity index (χ2n) is 3.68. The second-order valence-corrected chi connectivity index (χ2v) is 4.60. The molecule has 0 saturated heterocycles. The Morgan fingerprint density at radius 3 is 2.29 bits per heavy atom. The van der Waals surface area contributed by atoms with E-state index in [0.717, 1.165) is 4.47 Å². The van der Waals surface area contributed by atoms with Crippen LogP contribution in [0.4, 0.5) is 5.69 Å². The van der Waals surface area contributed by atoms with Crippen LogP contribution in [0.5, 0.6) is 0 Å². The average Bonchev–Trinajstić information content (AvgIpc) is 2.37. The van der Waals surface area contributed by atoms with Gasteiger partial charge < -0.3 is 20.6 Å². The number of nitrogens with zero attached hydrogens (tertiary/aromatic N) is 1. The molecule has 1 aromatic carbocycles. The summed E-state index contributed by atoms with van der Waals surface area (Å²) < 4.78 is 0.752. The lowest BCUT2D eigenvalue weighted by Crippen LogP contribution is -2.49. The van der Waals surface area contributed by atoms with Crippen molar-refractivity contribution >= 4 is 21.6 Å². The first-order chi connectivity index (χ1) is 8.10. The lowest BCUT2D eigenvalue weighted by atomic mass is 10.0. The van der Waals surface area contributed by atoms with Gasteiger partial charge in [-0.2, -0.15) is 5.26 Å². The van der Waals surface area contributed by atoms with Crippen LogP contribution in [0.2, 0.25) is 0 Å². The number of aliphatic hydroxyl groups excluding tert-OH is 3. The van der Waals surface area contributed by atoms with Crippen LogP contribution in [0, 0.1) is 11.3 Å². The Morgan fingerprint density at radius 2 is 1.82 bits per heavy atom. The highest BCUT2D eigenvalue weighted by Crippen LogP contribution is 2.23. The maximum Gasteiger partial charge on any atom is 0.107 e. The SMILES string of the molecule is N#Cc1cc(Br)ccc1NC(CO)(CO)CO. The standard InChI is InChI=1S/C11H13BrN2O3/c12-9-1-2-10(8(3-9)4-13)14-11(5-15,6-16)7-17/h1-3,14-17H,5-7H2. The maximum absolute atomic E-state index is 9.18. The molecule has 0 aliphatic heterocycles. The number of nitrogens with one attached hydrogen (secondary N) is 1. The number of benzene rings is 1. The summed E-state index contributed by atoms with van der Waals surface area (Å²) in [5.74, 6) is 0. The summed E-state index contributed by atoms with van der Waals surface area (Å²) in [6.07, 6.45) is 0. The van der Waals surface area contributed by atoms with E-state index in [4.69, 9.17) is 5.26 Å². The Bertz CT molecular complexity index is 419. The summed E-state index contributed by atoms with van der Waals surface area (Å²) in [6, 6.07) is 6.96. The van der Waals surface area contributed by atoms with Gasteiger partial charge in [0.25, 0.3) is 0 Å². The molecule has 4 N–H and O–H groups in total. The predicted octanol–water partition coefficient (Wildman–Crippen LogP) is 0.448. The molecule has 0 bridgehead atoms. The smallest absolute Gasteiger partial charge is 0.107 e. The lowest BCUT2D eigenvalue weighted by molar-refractivity contribution is 0.0833. The van der Waals surface area contributed by atoms with Crippen LogP contribution in [0.1, 0.15) is 5.56 Å². The number of nitriles is 1. The zero-order chi connectivity index (χ0) is 12.9. The van der Waals surface area contributed by atoms with Gasteiger partial charge >= 0.3 is 0 Å². The van der Waals surface area contributed by atoms with Crippen molar-refractivity contribution in [2.24, 2.45) is 0 Å². The van der Waals surface area contributed by atoms with Gasteiger partial charge in [0.15, 0.2) is 0 Å². The first-order valence-corrected chi connectivity index (χ1v) is 5.70.